The monoisotopic (exact) mass is 497 g/mol. The fourth-order valence-electron chi connectivity index (χ4n) is 3.55. The molecule has 3 amide bonds. The Labute approximate surface area is 210 Å². The fourth-order valence-corrected chi connectivity index (χ4v) is 3.55. The Bertz CT molecular complexity index is 1090. The number of carbonyl (C=O) groups is 2. The highest BCUT2D eigenvalue weighted by molar-refractivity contribution is 5.92. The van der Waals surface area contributed by atoms with E-state index in [1.807, 2.05) is 6.92 Å². The van der Waals surface area contributed by atoms with Crippen molar-refractivity contribution in [1.29, 1.82) is 0 Å². The number of hydrogen-bond acceptors (Lipinski definition) is 5. The van der Waals surface area contributed by atoms with Gasteiger partial charge in [0.1, 0.15) is 23.9 Å². The maximum atomic E-state index is 13.4. The third kappa shape index (κ3) is 8.42. The number of ether oxygens (including phenoxy) is 2. The molecule has 3 aromatic rings. The number of nitrogens with zero attached hydrogens (tertiary/aromatic N) is 2. The third-order valence-corrected chi connectivity index (χ3v) is 5.42. The number of rotatable bonds is 13. The van der Waals surface area contributed by atoms with Crippen LogP contribution in [0.2, 0.25) is 0 Å². The minimum absolute atomic E-state index is 0.149. The predicted octanol–water partition coefficient (Wildman–Crippen LogP) is 4.92. The van der Waals surface area contributed by atoms with Gasteiger partial charge < -0.3 is 29.0 Å². The van der Waals surface area contributed by atoms with E-state index in [4.69, 9.17) is 13.9 Å². The van der Waals surface area contributed by atoms with Gasteiger partial charge in [0.15, 0.2) is 0 Å². The quantitative estimate of drug-likeness (QED) is 0.339. The van der Waals surface area contributed by atoms with Gasteiger partial charge in [-0.3, -0.25) is 4.79 Å². The Morgan fingerprint density at radius 2 is 1.83 bits per heavy atom. The van der Waals surface area contributed by atoms with Crippen LogP contribution < -0.4 is 10.1 Å². The van der Waals surface area contributed by atoms with Crippen molar-refractivity contribution in [2.45, 2.75) is 26.4 Å². The van der Waals surface area contributed by atoms with E-state index in [0.717, 1.165) is 5.56 Å². The summed E-state index contributed by atoms with van der Waals surface area (Å²) in [4.78, 5) is 29.6. The molecule has 3 rings (SSSR count). The number of hydrogen-bond donors (Lipinski definition) is 1. The van der Waals surface area contributed by atoms with Crippen LogP contribution in [0.4, 0.5) is 14.9 Å². The molecule has 1 heterocycles. The second-order valence-corrected chi connectivity index (χ2v) is 8.09. The molecule has 192 valence electrons. The maximum Gasteiger partial charge on any atom is 0.322 e. The Kier molecular flexibility index (Phi) is 10.3. The normalized spacial score (nSPS) is 10.6. The summed E-state index contributed by atoms with van der Waals surface area (Å²) in [6.07, 6.45) is 2.11. The van der Waals surface area contributed by atoms with Crippen LogP contribution in [-0.4, -0.2) is 55.2 Å². The van der Waals surface area contributed by atoms with Crippen LogP contribution >= 0.6 is 0 Å². The second kappa shape index (κ2) is 13.9. The number of furan rings is 1. The molecule has 0 unspecified atom stereocenters. The van der Waals surface area contributed by atoms with Crippen molar-refractivity contribution in [3.8, 4) is 5.75 Å². The van der Waals surface area contributed by atoms with E-state index in [2.05, 4.69) is 5.32 Å². The molecule has 8 nitrogen and oxygen atoms in total. The molecular weight excluding hydrogens is 465 g/mol. The molecule has 0 aliphatic heterocycles. The van der Waals surface area contributed by atoms with Gasteiger partial charge in [-0.25, -0.2) is 9.18 Å². The summed E-state index contributed by atoms with van der Waals surface area (Å²) in [5.74, 6) is 0.593. The molecule has 0 aliphatic carbocycles. The molecule has 1 aromatic heterocycles. The first-order valence-electron chi connectivity index (χ1n) is 11.8. The number of urea groups is 1. The number of methoxy groups -OCH3 is 1. The molecule has 0 radical (unpaired) electrons. The number of anilines is 1. The zero-order chi connectivity index (χ0) is 25.8. The Hall–Kier alpha value is -3.85. The summed E-state index contributed by atoms with van der Waals surface area (Å²) < 4.78 is 29.5. The number of benzene rings is 2. The van der Waals surface area contributed by atoms with Crippen LogP contribution in [0.15, 0.2) is 71.3 Å². The lowest BCUT2D eigenvalue weighted by Crippen LogP contribution is -2.44. The highest BCUT2D eigenvalue weighted by atomic mass is 19.1. The minimum atomic E-state index is -0.409. The van der Waals surface area contributed by atoms with Crippen LogP contribution in [0.25, 0.3) is 0 Å². The molecule has 36 heavy (non-hydrogen) atoms. The third-order valence-electron chi connectivity index (χ3n) is 5.42. The van der Waals surface area contributed by atoms with Crippen LogP contribution in [0.5, 0.6) is 5.75 Å². The van der Waals surface area contributed by atoms with E-state index >= 15 is 0 Å². The van der Waals surface area contributed by atoms with E-state index in [-0.39, 0.29) is 31.4 Å². The van der Waals surface area contributed by atoms with Gasteiger partial charge in [0.25, 0.3) is 0 Å². The van der Waals surface area contributed by atoms with Crippen LogP contribution in [0.1, 0.15) is 24.7 Å². The van der Waals surface area contributed by atoms with Gasteiger partial charge in [0.05, 0.1) is 19.9 Å². The first-order valence-corrected chi connectivity index (χ1v) is 11.8. The summed E-state index contributed by atoms with van der Waals surface area (Å²) >= 11 is 0. The lowest BCUT2D eigenvalue weighted by Gasteiger charge is -2.27. The Morgan fingerprint density at radius 1 is 1.03 bits per heavy atom. The maximum absolute atomic E-state index is 13.4. The molecule has 0 fully saturated rings. The van der Waals surface area contributed by atoms with Crippen LogP contribution in [0, 0.1) is 5.82 Å². The SMILES string of the molecule is CCOCCCN(CC(=O)N(Cc1ccc(F)cc1)Cc1ccco1)C(=O)Nc1cccc(OC)c1. The lowest BCUT2D eigenvalue weighted by molar-refractivity contribution is -0.133. The molecular formula is C27H32FN3O5. The standard InChI is InChI=1S/C27H32FN3O5/c1-3-35-15-6-14-30(27(33)29-23-7-4-8-24(17-23)34-2)20-26(32)31(19-25-9-5-16-36-25)18-21-10-12-22(28)13-11-21/h4-5,7-13,16-17H,3,6,14-15,18-20H2,1-2H3,(H,29,33). The van der Waals surface area contributed by atoms with E-state index in [9.17, 15) is 14.0 Å². The van der Waals surface area contributed by atoms with Gasteiger partial charge in [-0.1, -0.05) is 18.2 Å². The van der Waals surface area contributed by atoms with Crippen LogP contribution in [-0.2, 0) is 22.6 Å². The smallest absolute Gasteiger partial charge is 0.322 e. The predicted molar refractivity (Wildman–Crippen MR) is 134 cm³/mol. The highest BCUT2D eigenvalue weighted by Gasteiger charge is 2.23. The van der Waals surface area contributed by atoms with Gasteiger partial charge >= 0.3 is 6.03 Å². The first kappa shape index (κ1) is 26.7. The first-order chi connectivity index (χ1) is 17.5. The number of halogens is 1. The summed E-state index contributed by atoms with van der Waals surface area (Å²) in [6, 6.07) is 16.1. The highest BCUT2D eigenvalue weighted by Crippen LogP contribution is 2.18. The average Bonchev–Trinajstić information content (AvgIpc) is 3.40. The largest absolute Gasteiger partial charge is 0.497 e. The number of amides is 3. The van der Waals surface area contributed by atoms with Gasteiger partial charge in [0.2, 0.25) is 5.91 Å². The number of nitrogens with one attached hydrogen (secondary N) is 1. The van der Waals surface area contributed by atoms with E-state index in [1.54, 1.807) is 60.5 Å². The van der Waals surface area contributed by atoms with Crippen molar-refractivity contribution in [1.82, 2.24) is 9.80 Å². The molecule has 0 spiro atoms. The van der Waals surface area contributed by atoms with Crippen molar-refractivity contribution >= 4 is 17.6 Å². The van der Waals surface area contributed by atoms with Crippen molar-refractivity contribution in [2.24, 2.45) is 0 Å². The molecule has 0 saturated heterocycles. The van der Waals surface area contributed by atoms with Crippen molar-refractivity contribution < 1.29 is 27.9 Å². The Balaban J connectivity index is 1.74. The zero-order valence-corrected chi connectivity index (χ0v) is 20.6. The van der Waals surface area contributed by atoms with Crippen molar-refractivity contribution in [2.75, 3.05) is 38.7 Å². The molecule has 1 N–H and O–H groups in total. The summed E-state index contributed by atoms with van der Waals surface area (Å²) in [6.45, 7) is 3.58. The molecule has 2 aromatic carbocycles. The Morgan fingerprint density at radius 3 is 2.53 bits per heavy atom. The van der Waals surface area contributed by atoms with Crippen LogP contribution in [0.3, 0.4) is 0 Å². The summed E-state index contributed by atoms with van der Waals surface area (Å²) in [5, 5.41) is 2.84. The van der Waals surface area contributed by atoms with Gasteiger partial charge in [-0.15, -0.1) is 0 Å². The van der Waals surface area contributed by atoms with E-state index in [0.29, 0.717) is 43.4 Å². The zero-order valence-electron chi connectivity index (χ0n) is 20.6. The lowest BCUT2D eigenvalue weighted by atomic mass is 10.2. The topological polar surface area (TPSA) is 84.2 Å². The fraction of sp³-hybridized carbons (Fsp3) is 0.333. The van der Waals surface area contributed by atoms with Gasteiger partial charge in [-0.05, 0) is 55.3 Å². The molecule has 9 heteroatoms. The second-order valence-electron chi connectivity index (χ2n) is 8.09. The van der Waals surface area contributed by atoms with E-state index < -0.39 is 6.03 Å². The van der Waals surface area contributed by atoms with Crippen molar-refractivity contribution in [3.63, 3.8) is 0 Å². The van der Waals surface area contributed by atoms with E-state index in [1.165, 1.54) is 23.3 Å². The molecule has 0 bridgehead atoms. The summed E-state index contributed by atoms with van der Waals surface area (Å²) in [7, 11) is 1.55. The molecule has 0 atom stereocenters. The summed E-state index contributed by atoms with van der Waals surface area (Å²) in [5.41, 5.74) is 1.32. The van der Waals surface area contributed by atoms with Crippen molar-refractivity contribution in [3.05, 3.63) is 84.1 Å². The van der Waals surface area contributed by atoms with Gasteiger partial charge in [-0.2, -0.15) is 0 Å². The van der Waals surface area contributed by atoms with Gasteiger partial charge in [0, 0.05) is 38.1 Å². The molecule has 0 aliphatic rings. The minimum Gasteiger partial charge on any atom is -0.497 e. The average molecular weight is 498 g/mol. The molecule has 0 saturated carbocycles. The number of carbonyl (C=O) groups excluding carboxylic acids is 2.